The molecule has 0 aliphatic carbocycles. The molecule has 3 aliphatic heterocycles. The van der Waals surface area contributed by atoms with Gasteiger partial charge >= 0.3 is 0 Å². The molecule has 1 N–H and O–H groups in total. The summed E-state index contributed by atoms with van der Waals surface area (Å²) in [5, 5.41) is 12.6. The molecule has 3 fully saturated rings. The second kappa shape index (κ2) is 23.9. The Morgan fingerprint density at radius 2 is 1.02 bits per heavy atom. The van der Waals surface area contributed by atoms with Crippen LogP contribution >= 0.6 is 0 Å². The topological polar surface area (TPSA) is 103 Å². The normalized spacial score (nSPS) is 33.0. The lowest BCUT2D eigenvalue weighted by Crippen LogP contribution is -2.67. The van der Waals surface area contributed by atoms with Crippen LogP contribution in [0.3, 0.4) is 0 Å². The van der Waals surface area contributed by atoms with E-state index in [-0.39, 0.29) is 6.10 Å². The molecule has 11 atom stereocenters. The number of rotatable bonds is 27. The van der Waals surface area contributed by atoms with E-state index in [1.54, 1.807) is 0 Å². The van der Waals surface area contributed by atoms with Crippen LogP contribution < -0.4 is 0 Å². The predicted molar refractivity (Wildman–Crippen MR) is 182 cm³/mol. The van der Waals surface area contributed by atoms with E-state index in [0.717, 1.165) is 77.0 Å². The highest BCUT2D eigenvalue weighted by molar-refractivity contribution is 5.05. The second-order valence-corrected chi connectivity index (χ2v) is 13.5. The molecule has 0 saturated carbocycles. The summed E-state index contributed by atoms with van der Waals surface area (Å²) in [4.78, 5) is 0. The zero-order valence-corrected chi connectivity index (χ0v) is 30.6. The van der Waals surface area contributed by atoms with Crippen LogP contribution in [0.1, 0.15) is 119 Å². The summed E-state index contributed by atoms with van der Waals surface area (Å²) in [5.41, 5.74) is 0. The minimum Gasteiger partial charge on any atom is -0.390 e. The Morgan fingerprint density at radius 3 is 1.57 bits per heavy atom. The van der Waals surface area contributed by atoms with E-state index in [9.17, 15) is 5.11 Å². The Balaban J connectivity index is 2.01. The molecule has 2 bridgehead atoms. The number of ether oxygens (including phenoxy) is 9. The lowest BCUT2D eigenvalue weighted by atomic mass is 9.79. The number of aliphatic hydroxyl groups excluding tert-OH is 1. The lowest BCUT2D eigenvalue weighted by molar-refractivity contribution is -0.304. The average Bonchev–Trinajstić information content (AvgIpc) is 3.51. The molecule has 0 spiro atoms. The molecule has 10 nitrogen and oxygen atoms in total. The van der Waals surface area contributed by atoms with Crippen LogP contribution in [0, 0.1) is 5.92 Å². The number of unbranched alkanes of at least 4 members (excludes halogenated alkanes) is 6. The SMILES string of the molecule is CCCCOC[C@H]1O[C@H](C(O)[C@@H]2[C@H](OCCCC)[C@H]3OC[C@@H](O3)[C@H]2OCCCC)[C@@H](OCCCC)[C@@H](OCCCC)[C@@H]1OCCCC. The van der Waals surface area contributed by atoms with Gasteiger partial charge in [0.05, 0.1) is 25.4 Å². The van der Waals surface area contributed by atoms with Gasteiger partial charge in [-0.3, -0.25) is 0 Å². The smallest absolute Gasteiger partial charge is 0.184 e. The van der Waals surface area contributed by atoms with Gasteiger partial charge in [-0.2, -0.15) is 0 Å². The highest BCUT2D eigenvalue weighted by atomic mass is 16.8. The summed E-state index contributed by atoms with van der Waals surface area (Å²) in [6.45, 7) is 17.1. The standard InChI is InChI=1S/C37H70O10/c1-7-13-19-39-25-27-32(41-21-15-9-3)35(43-23-17-11-5)36(44-24-18-12-6)34(46-27)30(38)29-31(40-20-14-8-2)28-26-45-37(47-28)33(29)42-22-16-10-4/h27-38H,7-26H2,1-6H3/t27-,28-,29+,30?,31-,32-,33+,34-,35+,36-,37+/m1/s1. The van der Waals surface area contributed by atoms with Crippen molar-refractivity contribution in [3.63, 3.8) is 0 Å². The van der Waals surface area contributed by atoms with Crippen LogP contribution in [0.2, 0.25) is 0 Å². The molecular formula is C37H70O10. The van der Waals surface area contributed by atoms with Gasteiger partial charge in [0, 0.05) is 45.6 Å². The monoisotopic (exact) mass is 674 g/mol. The van der Waals surface area contributed by atoms with E-state index in [1.807, 2.05) is 0 Å². The maximum atomic E-state index is 12.6. The van der Waals surface area contributed by atoms with E-state index < -0.39 is 61.0 Å². The zero-order chi connectivity index (χ0) is 33.9. The van der Waals surface area contributed by atoms with Gasteiger partial charge in [0.15, 0.2) is 6.29 Å². The third-order valence-electron chi connectivity index (χ3n) is 9.49. The minimum absolute atomic E-state index is 0.291. The third-order valence-corrected chi connectivity index (χ3v) is 9.49. The fraction of sp³-hybridized carbons (Fsp3) is 1.00. The summed E-state index contributed by atoms with van der Waals surface area (Å²) in [6.07, 6.45) is 6.31. The largest absolute Gasteiger partial charge is 0.390 e. The van der Waals surface area contributed by atoms with E-state index >= 15 is 0 Å². The number of aliphatic hydroxyl groups is 1. The van der Waals surface area contributed by atoms with Gasteiger partial charge in [0.1, 0.15) is 42.7 Å². The Labute approximate surface area is 286 Å². The molecule has 1 unspecified atom stereocenters. The van der Waals surface area contributed by atoms with Crippen LogP contribution in [-0.2, 0) is 42.6 Å². The number of hydrogen-bond donors (Lipinski definition) is 1. The van der Waals surface area contributed by atoms with Crippen molar-refractivity contribution >= 4 is 0 Å². The molecule has 0 aromatic rings. The maximum absolute atomic E-state index is 12.6. The van der Waals surface area contributed by atoms with E-state index in [1.165, 1.54) is 0 Å². The third kappa shape index (κ3) is 12.4. The molecule has 0 amide bonds. The van der Waals surface area contributed by atoms with Crippen molar-refractivity contribution in [2.75, 3.05) is 52.9 Å². The predicted octanol–water partition coefficient (Wildman–Crippen LogP) is 6.23. The van der Waals surface area contributed by atoms with Crippen LogP contribution in [0.25, 0.3) is 0 Å². The van der Waals surface area contributed by atoms with Gasteiger partial charge in [-0.15, -0.1) is 0 Å². The molecule has 0 radical (unpaired) electrons. The van der Waals surface area contributed by atoms with Crippen molar-refractivity contribution < 1.29 is 47.7 Å². The first-order valence-electron chi connectivity index (χ1n) is 19.3. The Kier molecular flexibility index (Phi) is 20.9. The Hall–Kier alpha value is -0.400. The average molecular weight is 675 g/mol. The van der Waals surface area contributed by atoms with Crippen LogP contribution in [0.15, 0.2) is 0 Å². The summed E-state index contributed by atoms with van der Waals surface area (Å²) >= 11 is 0. The molecular weight excluding hydrogens is 604 g/mol. The molecule has 3 saturated heterocycles. The van der Waals surface area contributed by atoms with Gasteiger partial charge in [-0.25, -0.2) is 0 Å². The van der Waals surface area contributed by atoms with Crippen molar-refractivity contribution in [2.45, 2.75) is 180 Å². The molecule has 278 valence electrons. The summed E-state index contributed by atoms with van der Waals surface area (Å²) in [7, 11) is 0. The molecule has 0 aromatic heterocycles. The maximum Gasteiger partial charge on any atom is 0.184 e. The van der Waals surface area contributed by atoms with E-state index in [4.69, 9.17) is 42.6 Å². The van der Waals surface area contributed by atoms with Gasteiger partial charge in [-0.1, -0.05) is 80.1 Å². The molecule has 0 aromatic carbocycles. The fourth-order valence-electron chi connectivity index (χ4n) is 6.61. The molecule has 3 heterocycles. The lowest BCUT2D eigenvalue weighted by Gasteiger charge is -2.51. The molecule has 3 aliphatic rings. The van der Waals surface area contributed by atoms with Crippen molar-refractivity contribution in [1.82, 2.24) is 0 Å². The molecule has 47 heavy (non-hydrogen) atoms. The van der Waals surface area contributed by atoms with Crippen LogP contribution in [0.4, 0.5) is 0 Å². The van der Waals surface area contributed by atoms with Crippen LogP contribution in [0.5, 0.6) is 0 Å². The van der Waals surface area contributed by atoms with E-state index in [0.29, 0.717) is 52.9 Å². The van der Waals surface area contributed by atoms with Gasteiger partial charge in [-0.05, 0) is 38.5 Å². The first kappa shape index (κ1) is 41.0. The van der Waals surface area contributed by atoms with E-state index in [2.05, 4.69) is 41.5 Å². The van der Waals surface area contributed by atoms with Gasteiger partial charge in [0.25, 0.3) is 0 Å². The highest BCUT2D eigenvalue weighted by Crippen LogP contribution is 2.42. The molecule has 3 rings (SSSR count). The summed E-state index contributed by atoms with van der Waals surface area (Å²) < 4.78 is 58.5. The van der Waals surface area contributed by atoms with Gasteiger partial charge < -0.3 is 47.7 Å². The zero-order valence-electron chi connectivity index (χ0n) is 30.6. The molecule has 10 heteroatoms. The number of hydrogen-bond acceptors (Lipinski definition) is 10. The Bertz CT molecular complexity index is 749. The van der Waals surface area contributed by atoms with Crippen molar-refractivity contribution in [1.29, 1.82) is 0 Å². The van der Waals surface area contributed by atoms with Crippen LogP contribution in [-0.4, -0.2) is 119 Å². The minimum atomic E-state index is -0.998. The van der Waals surface area contributed by atoms with Gasteiger partial charge in [0.2, 0.25) is 0 Å². The summed E-state index contributed by atoms with van der Waals surface area (Å²) in [6, 6.07) is 0. The quantitative estimate of drug-likeness (QED) is 0.101. The fourth-order valence-corrected chi connectivity index (χ4v) is 6.61. The number of fused-ring (bicyclic) bond motifs is 2. The van der Waals surface area contributed by atoms with Crippen molar-refractivity contribution in [2.24, 2.45) is 5.92 Å². The van der Waals surface area contributed by atoms with Crippen molar-refractivity contribution in [3.8, 4) is 0 Å². The summed E-state index contributed by atoms with van der Waals surface area (Å²) in [5.74, 6) is -0.451. The van der Waals surface area contributed by atoms with Crippen molar-refractivity contribution in [3.05, 3.63) is 0 Å². The first-order valence-corrected chi connectivity index (χ1v) is 19.3. The first-order chi connectivity index (χ1) is 23.1. The Morgan fingerprint density at radius 1 is 0.553 bits per heavy atom. The highest BCUT2D eigenvalue weighted by Gasteiger charge is 2.59. The second-order valence-electron chi connectivity index (χ2n) is 13.5.